The Kier molecular flexibility index (Phi) is 6.03. The first-order valence-electron chi connectivity index (χ1n) is 7.87. The van der Waals surface area contributed by atoms with Crippen molar-refractivity contribution in [1.82, 2.24) is 10.2 Å². The summed E-state index contributed by atoms with van der Waals surface area (Å²) in [5.41, 5.74) is 5.31. The van der Waals surface area contributed by atoms with E-state index in [2.05, 4.69) is 10.6 Å². The predicted molar refractivity (Wildman–Crippen MR) is 87.3 cm³/mol. The Bertz CT molecular complexity index is 766. The number of nitrogens with zero attached hydrogens (tertiary/aromatic N) is 1. The summed E-state index contributed by atoms with van der Waals surface area (Å²) in [5, 5.41) is 4.76. The number of benzene rings is 1. The van der Waals surface area contributed by atoms with Crippen LogP contribution >= 0.6 is 0 Å². The van der Waals surface area contributed by atoms with Crippen molar-refractivity contribution in [3.8, 4) is 0 Å². The normalized spacial score (nSPS) is 16.9. The van der Waals surface area contributed by atoms with Crippen molar-refractivity contribution in [2.24, 2.45) is 11.7 Å². The molecule has 0 aromatic heterocycles. The molecular weight excluding hydrogens is 369 g/mol. The molecule has 1 atom stereocenters. The van der Waals surface area contributed by atoms with Crippen LogP contribution in [0.4, 0.5) is 18.9 Å². The Hall–Kier alpha value is -3.11. The maximum Gasteiger partial charge on any atom is 0.406 e. The number of anilines is 1. The van der Waals surface area contributed by atoms with Crippen LogP contribution in [0.25, 0.3) is 0 Å². The second-order valence-corrected chi connectivity index (χ2v) is 6.01. The Labute approximate surface area is 151 Å². The van der Waals surface area contributed by atoms with Crippen molar-refractivity contribution in [2.75, 3.05) is 25.0 Å². The molecule has 0 spiro atoms. The number of hydrogen-bond acceptors (Lipinski definition) is 4. The van der Waals surface area contributed by atoms with E-state index < -0.39 is 42.3 Å². The SMILES string of the molecule is NC(=O)CNC(=O)c1cccc(NC(=O)C2CC(=O)N(CC(F)(F)F)C2)c1. The summed E-state index contributed by atoms with van der Waals surface area (Å²) >= 11 is 0. The molecule has 1 aliphatic rings. The zero-order valence-corrected chi connectivity index (χ0v) is 14.0. The molecule has 146 valence electrons. The van der Waals surface area contributed by atoms with E-state index in [0.29, 0.717) is 4.90 Å². The van der Waals surface area contributed by atoms with Crippen LogP contribution in [-0.4, -0.2) is 54.3 Å². The number of hydrogen-bond donors (Lipinski definition) is 3. The minimum atomic E-state index is -4.53. The number of carbonyl (C=O) groups excluding carboxylic acids is 4. The number of alkyl halides is 3. The number of nitrogens with two attached hydrogens (primary N) is 1. The van der Waals surface area contributed by atoms with E-state index in [9.17, 15) is 32.3 Å². The smallest absolute Gasteiger partial charge is 0.368 e. The van der Waals surface area contributed by atoms with Gasteiger partial charge in [-0.3, -0.25) is 19.2 Å². The largest absolute Gasteiger partial charge is 0.406 e. The third kappa shape index (κ3) is 5.97. The Balaban J connectivity index is 1.98. The molecule has 2 rings (SSSR count). The van der Waals surface area contributed by atoms with Crippen LogP contribution in [0.2, 0.25) is 0 Å². The van der Waals surface area contributed by atoms with Crippen LogP contribution in [-0.2, 0) is 14.4 Å². The molecule has 1 aromatic rings. The van der Waals surface area contributed by atoms with Gasteiger partial charge in [-0.25, -0.2) is 0 Å². The van der Waals surface area contributed by atoms with Crippen molar-refractivity contribution in [2.45, 2.75) is 12.6 Å². The highest BCUT2D eigenvalue weighted by atomic mass is 19.4. The second-order valence-electron chi connectivity index (χ2n) is 6.01. The van der Waals surface area contributed by atoms with Crippen LogP contribution < -0.4 is 16.4 Å². The molecule has 27 heavy (non-hydrogen) atoms. The lowest BCUT2D eigenvalue weighted by Crippen LogP contribution is -2.36. The molecule has 1 fully saturated rings. The summed E-state index contributed by atoms with van der Waals surface area (Å²) in [5.74, 6) is -3.60. The lowest BCUT2D eigenvalue weighted by Gasteiger charge is -2.18. The van der Waals surface area contributed by atoms with E-state index in [0.717, 1.165) is 0 Å². The molecule has 4 amide bonds. The molecule has 11 heteroatoms. The van der Waals surface area contributed by atoms with E-state index in [-0.39, 0.29) is 30.8 Å². The molecule has 1 heterocycles. The standard InChI is InChI=1S/C16H17F3N4O4/c17-16(18,19)8-23-7-10(5-13(23)25)15(27)22-11-3-1-2-9(4-11)14(26)21-6-12(20)24/h1-4,10H,5-8H2,(H2,20,24)(H,21,26)(H,22,27). The molecule has 1 aliphatic heterocycles. The van der Waals surface area contributed by atoms with E-state index in [1.807, 2.05) is 0 Å². The fraction of sp³-hybridized carbons (Fsp3) is 0.375. The molecule has 8 nitrogen and oxygen atoms in total. The third-order valence-corrected chi connectivity index (χ3v) is 3.77. The highest BCUT2D eigenvalue weighted by Gasteiger charge is 2.40. The highest BCUT2D eigenvalue weighted by molar-refractivity contribution is 6.00. The van der Waals surface area contributed by atoms with E-state index >= 15 is 0 Å². The Morgan fingerprint density at radius 2 is 1.96 bits per heavy atom. The molecule has 0 saturated carbocycles. The molecule has 1 saturated heterocycles. The van der Waals surface area contributed by atoms with Crippen molar-refractivity contribution in [1.29, 1.82) is 0 Å². The zero-order valence-electron chi connectivity index (χ0n) is 14.0. The van der Waals surface area contributed by atoms with Gasteiger partial charge in [0.05, 0.1) is 12.5 Å². The van der Waals surface area contributed by atoms with Crippen molar-refractivity contribution >= 4 is 29.3 Å². The van der Waals surface area contributed by atoms with Crippen molar-refractivity contribution in [3.63, 3.8) is 0 Å². The minimum Gasteiger partial charge on any atom is -0.368 e. The van der Waals surface area contributed by atoms with Gasteiger partial charge < -0.3 is 21.3 Å². The van der Waals surface area contributed by atoms with Crippen LogP contribution in [0.15, 0.2) is 24.3 Å². The summed E-state index contributed by atoms with van der Waals surface area (Å²) < 4.78 is 37.3. The van der Waals surface area contributed by atoms with Crippen molar-refractivity contribution in [3.05, 3.63) is 29.8 Å². The van der Waals surface area contributed by atoms with Crippen LogP contribution in [0.3, 0.4) is 0 Å². The maximum atomic E-state index is 12.4. The second kappa shape index (κ2) is 8.06. The summed E-state index contributed by atoms with van der Waals surface area (Å²) in [7, 11) is 0. The summed E-state index contributed by atoms with van der Waals surface area (Å²) in [6.45, 7) is -2.08. The molecular formula is C16H17F3N4O4. The number of halogens is 3. The van der Waals surface area contributed by atoms with Crippen molar-refractivity contribution < 1.29 is 32.3 Å². The third-order valence-electron chi connectivity index (χ3n) is 3.77. The van der Waals surface area contributed by atoms with Gasteiger partial charge in [-0.1, -0.05) is 6.07 Å². The lowest BCUT2D eigenvalue weighted by molar-refractivity contribution is -0.157. The first kappa shape index (κ1) is 20.2. The fourth-order valence-corrected chi connectivity index (χ4v) is 2.57. The van der Waals surface area contributed by atoms with Crippen LogP contribution in [0.1, 0.15) is 16.8 Å². The van der Waals surface area contributed by atoms with Crippen LogP contribution in [0.5, 0.6) is 0 Å². The van der Waals surface area contributed by atoms with Gasteiger partial charge in [-0.15, -0.1) is 0 Å². The molecule has 0 bridgehead atoms. The van der Waals surface area contributed by atoms with Gasteiger partial charge in [-0.05, 0) is 18.2 Å². The molecule has 0 aliphatic carbocycles. The van der Waals surface area contributed by atoms with E-state index in [4.69, 9.17) is 5.73 Å². The quantitative estimate of drug-likeness (QED) is 0.649. The Morgan fingerprint density at radius 3 is 2.59 bits per heavy atom. The maximum absolute atomic E-state index is 12.4. The van der Waals surface area contributed by atoms with Gasteiger partial charge >= 0.3 is 6.18 Å². The van der Waals surface area contributed by atoms with Gasteiger partial charge in [0.1, 0.15) is 6.54 Å². The van der Waals surface area contributed by atoms with Gasteiger partial charge in [-0.2, -0.15) is 13.2 Å². The zero-order chi connectivity index (χ0) is 20.2. The number of likely N-dealkylation sites (tertiary alicyclic amines) is 1. The lowest BCUT2D eigenvalue weighted by atomic mass is 10.1. The predicted octanol–water partition coefficient (Wildman–Crippen LogP) is 0.251. The number of amides is 4. The number of rotatable bonds is 6. The highest BCUT2D eigenvalue weighted by Crippen LogP contribution is 2.25. The van der Waals surface area contributed by atoms with Gasteiger partial charge in [0.2, 0.25) is 17.7 Å². The number of primary amides is 1. The number of carbonyl (C=O) groups is 4. The topological polar surface area (TPSA) is 122 Å². The average Bonchev–Trinajstić information content (AvgIpc) is 2.92. The molecule has 4 N–H and O–H groups in total. The molecule has 1 unspecified atom stereocenters. The minimum absolute atomic E-state index is 0.148. The van der Waals surface area contributed by atoms with Gasteiger partial charge in [0.25, 0.3) is 5.91 Å². The van der Waals surface area contributed by atoms with Gasteiger partial charge in [0, 0.05) is 24.2 Å². The fourth-order valence-electron chi connectivity index (χ4n) is 2.57. The summed E-state index contributed by atoms with van der Waals surface area (Å²) in [6.07, 6.45) is -4.85. The monoisotopic (exact) mass is 386 g/mol. The van der Waals surface area contributed by atoms with E-state index in [1.54, 1.807) is 0 Å². The van der Waals surface area contributed by atoms with E-state index in [1.165, 1.54) is 24.3 Å². The first-order valence-corrected chi connectivity index (χ1v) is 7.87. The molecule has 0 radical (unpaired) electrons. The van der Waals surface area contributed by atoms with Crippen LogP contribution in [0, 0.1) is 5.92 Å². The van der Waals surface area contributed by atoms with Gasteiger partial charge in [0.15, 0.2) is 0 Å². The number of nitrogens with one attached hydrogen (secondary N) is 2. The average molecular weight is 386 g/mol. The summed E-state index contributed by atoms with van der Waals surface area (Å²) in [4.78, 5) is 47.0. The first-order chi connectivity index (χ1) is 12.5. The summed E-state index contributed by atoms with van der Waals surface area (Å²) in [6, 6.07) is 5.73. The Morgan fingerprint density at radius 1 is 1.26 bits per heavy atom. The molecule has 1 aromatic carbocycles.